The summed E-state index contributed by atoms with van der Waals surface area (Å²) in [7, 11) is 0. The molecule has 168 valence electrons. The molecule has 0 nitrogen and oxygen atoms in total. The number of unbranched alkanes of at least 4 members (excludes halogenated alkanes) is 2. The van der Waals surface area contributed by atoms with Crippen LogP contribution in [0.5, 0.6) is 0 Å². The van der Waals surface area contributed by atoms with Gasteiger partial charge in [0.15, 0.2) is 0 Å². The molecule has 4 rings (SSSR count). The van der Waals surface area contributed by atoms with E-state index in [-0.39, 0.29) is 0 Å². The van der Waals surface area contributed by atoms with Crippen LogP contribution in [-0.2, 0) is 0 Å². The van der Waals surface area contributed by atoms with E-state index in [4.69, 9.17) is 0 Å². The maximum atomic E-state index is 2.44. The average molecular weight is 696 g/mol. The van der Waals surface area contributed by atoms with Crippen molar-refractivity contribution in [1.82, 2.24) is 0 Å². The zero-order valence-corrected chi connectivity index (χ0v) is 25.2. The van der Waals surface area contributed by atoms with Crippen LogP contribution < -0.4 is 21.2 Å². The fourth-order valence-electron chi connectivity index (χ4n) is 4.34. The Labute approximate surface area is 223 Å². The Kier molecular flexibility index (Phi) is 9.50. The summed E-state index contributed by atoms with van der Waals surface area (Å²) in [6, 6.07) is 44.9. The van der Waals surface area contributed by atoms with E-state index in [0.717, 1.165) is 0 Å². The monoisotopic (exact) mass is 700 g/mol. The first-order valence-electron chi connectivity index (χ1n) is 11.5. The van der Waals surface area contributed by atoms with Gasteiger partial charge >= 0.3 is 226 Å². The van der Waals surface area contributed by atoms with Crippen LogP contribution in [0.15, 0.2) is 121 Å². The molecule has 0 radical (unpaired) electrons. The molecule has 33 heavy (non-hydrogen) atoms. The zero-order chi connectivity index (χ0) is 23.0. The fourth-order valence-corrected chi connectivity index (χ4v) is 16.3. The van der Waals surface area contributed by atoms with Crippen molar-refractivity contribution in [2.75, 3.05) is 12.3 Å². The first-order chi connectivity index (χ1) is 16.1. The van der Waals surface area contributed by atoms with Crippen LogP contribution in [-0.4, -0.2) is 54.8 Å². The van der Waals surface area contributed by atoms with Crippen molar-refractivity contribution >= 4 is 72.7 Å². The van der Waals surface area contributed by atoms with Gasteiger partial charge in [-0.05, 0) is 0 Å². The van der Waals surface area contributed by atoms with Crippen molar-refractivity contribution in [3.63, 3.8) is 0 Å². The third kappa shape index (κ3) is 6.31. The van der Waals surface area contributed by atoms with E-state index in [9.17, 15) is 0 Å². The molecule has 0 amide bonds. The molecular weight excluding hydrogens is 665 g/mol. The van der Waals surface area contributed by atoms with Gasteiger partial charge in [0.25, 0.3) is 0 Å². The van der Waals surface area contributed by atoms with E-state index in [0.29, 0.717) is 0 Å². The Morgan fingerprint density at radius 3 is 0.848 bits per heavy atom. The third-order valence-corrected chi connectivity index (χ3v) is 22.9. The van der Waals surface area contributed by atoms with Crippen LogP contribution in [0.25, 0.3) is 0 Å². The predicted molar refractivity (Wildman–Crippen MR) is 153 cm³/mol. The molecule has 0 bridgehead atoms. The van der Waals surface area contributed by atoms with Gasteiger partial charge < -0.3 is 0 Å². The second kappa shape index (κ2) is 12.3. The molecule has 0 saturated heterocycles. The molecule has 4 heteroatoms. The van der Waals surface area contributed by atoms with Gasteiger partial charge in [-0.1, -0.05) is 0 Å². The predicted octanol–water partition coefficient (Wildman–Crippen LogP) is 5.66. The Hall–Kier alpha value is -0.681. The Balaban J connectivity index is 1.47. The number of hydrogen-bond donors (Lipinski definition) is 0. The second-order valence-electron chi connectivity index (χ2n) is 8.33. The van der Waals surface area contributed by atoms with Gasteiger partial charge in [-0.15, -0.1) is 0 Å². The molecule has 0 aliphatic rings. The van der Waals surface area contributed by atoms with E-state index in [1.54, 1.807) is 0 Å². The first kappa shape index (κ1) is 25.4. The van der Waals surface area contributed by atoms with Gasteiger partial charge in [-0.3, -0.25) is 0 Å². The molecule has 4 aromatic carbocycles. The van der Waals surface area contributed by atoms with Crippen molar-refractivity contribution in [1.29, 1.82) is 0 Å². The van der Waals surface area contributed by atoms with E-state index >= 15 is 0 Å². The summed E-state index contributed by atoms with van der Waals surface area (Å²) in [6.07, 6.45) is 6.46. The summed E-state index contributed by atoms with van der Waals surface area (Å²) < 4.78 is -2.70. The van der Waals surface area contributed by atoms with E-state index in [1.807, 2.05) is 0 Å². The standard InChI is InChI=1S/C29H30P2Te2/c32-30(26-16-6-1-7-17-26,27-18-8-2-9-19-27)24-14-5-15-25-31(33,28-20-10-3-11-21-28)29-22-12-4-13-23-29/h1-4,6-13,16-23H,5,14-15,24-25H2. The molecule has 4 aromatic rings. The molecule has 0 spiro atoms. The van der Waals surface area contributed by atoms with E-state index in [2.05, 4.69) is 164 Å². The molecular formula is C29H30P2Te2. The number of benzene rings is 4. The van der Waals surface area contributed by atoms with Gasteiger partial charge in [-0.2, -0.15) is 0 Å². The van der Waals surface area contributed by atoms with Crippen molar-refractivity contribution in [2.45, 2.75) is 19.3 Å². The minimum atomic E-state index is -1.35. The molecule has 0 aliphatic heterocycles. The topological polar surface area (TPSA) is 0 Å². The molecule has 0 fully saturated rings. The van der Waals surface area contributed by atoms with Crippen LogP contribution in [0, 0.1) is 0 Å². The van der Waals surface area contributed by atoms with Gasteiger partial charge in [-0.25, -0.2) is 0 Å². The molecule has 0 atom stereocenters. The quantitative estimate of drug-likeness (QED) is 0.114. The molecule has 0 aliphatic carbocycles. The Morgan fingerprint density at radius 2 is 0.606 bits per heavy atom. The molecule has 0 aromatic heterocycles. The van der Waals surface area contributed by atoms with Gasteiger partial charge in [0.1, 0.15) is 0 Å². The summed E-state index contributed by atoms with van der Waals surface area (Å²) in [5.74, 6) is 0. The third-order valence-electron chi connectivity index (χ3n) is 6.14. The minimum absolute atomic E-state index is 1.29. The number of rotatable bonds is 10. The summed E-state index contributed by atoms with van der Waals surface area (Å²) in [5, 5.41) is 6.14. The maximum absolute atomic E-state index is 2.44. The van der Waals surface area contributed by atoms with Crippen LogP contribution in [0.1, 0.15) is 19.3 Å². The SMILES string of the molecule is [Te]=P(CCCCCP(=[Te])(c1ccccc1)c1ccccc1)(c1ccccc1)c1ccccc1. The number of hydrogen-bond acceptors (Lipinski definition) is 0. The van der Waals surface area contributed by atoms with Gasteiger partial charge in [0.05, 0.1) is 0 Å². The van der Waals surface area contributed by atoms with Crippen molar-refractivity contribution in [3.05, 3.63) is 121 Å². The zero-order valence-electron chi connectivity index (χ0n) is 18.8. The fraction of sp³-hybridized carbons (Fsp3) is 0.172. The van der Waals surface area contributed by atoms with Crippen molar-refractivity contribution < 1.29 is 0 Å². The Bertz CT molecular complexity index is 1040. The first-order valence-corrected chi connectivity index (χ1v) is 21.6. The van der Waals surface area contributed by atoms with Crippen LogP contribution in [0.4, 0.5) is 0 Å². The molecule has 0 saturated carbocycles. The molecule has 0 N–H and O–H groups in total. The van der Waals surface area contributed by atoms with Gasteiger partial charge in [0, 0.05) is 0 Å². The molecule has 0 heterocycles. The van der Waals surface area contributed by atoms with Crippen LogP contribution in [0.2, 0.25) is 0 Å². The second-order valence-corrected chi connectivity index (χ2v) is 24.9. The van der Waals surface area contributed by atoms with Crippen LogP contribution in [0.3, 0.4) is 0 Å². The van der Waals surface area contributed by atoms with Crippen molar-refractivity contribution in [2.24, 2.45) is 0 Å². The summed E-state index contributed by atoms with van der Waals surface area (Å²) in [5.41, 5.74) is 0. The molecule has 0 unspecified atom stereocenters. The average Bonchev–Trinajstić information content (AvgIpc) is 2.90. The van der Waals surface area contributed by atoms with Crippen molar-refractivity contribution in [3.8, 4) is 0 Å². The van der Waals surface area contributed by atoms with E-state index < -0.39 is 8.98 Å². The summed E-state index contributed by atoms with van der Waals surface area (Å²) in [4.78, 5) is 0. The van der Waals surface area contributed by atoms with E-state index in [1.165, 1.54) is 52.8 Å². The van der Waals surface area contributed by atoms with Crippen LogP contribution >= 0.6 is 8.98 Å². The summed E-state index contributed by atoms with van der Waals surface area (Å²) in [6.45, 7) is 0. The summed E-state index contributed by atoms with van der Waals surface area (Å²) >= 11 is 4.87. The van der Waals surface area contributed by atoms with Gasteiger partial charge in [0.2, 0.25) is 0 Å². The normalized spacial score (nSPS) is 11.9. The Morgan fingerprint density at radius 1 is 0.364 bits per heavy atom.